The highest BCUT2D eigenvalue weighted by molar-refractivity contribution is 6.14. The SMILES string of the molecule is O=C1/C(=C\c2ccc3c(c2)OCCO3)C(c2ccccc2)Oc2ccccc21. The van der Waals surface area contributed by atoms with E-state index < -0.39 is 6.10 Å². The molecule has 0 aromatic heterocycles. The monoisotopic (exact) mass is 370 g/mol. The van der Waals surface area contributed by atoms with Crippen LogP contribution in [-0.4, -0.2) is 19.0 Å². The maximum atomic E-state index is 13.3. The highest BCUT2D eigenvalue weighted by atomic mass is 16.6. The van der Waals surface area contributed by atoms with Gasteiger partial charge in [-0.2, -0.15) is 0 Å². The van der Waals surface area contributed by atoms with Gasteiger partial charge in [0.2, 0.25) is 0 Å². The molecule has 0 spiro atoms. The van der Waals surface area contributed by atoms with E-state index >= 15 is 0 Å². The Morgan fingerprint density at radius 1 is 0.786 bits per heavy atom. The van der Waals surface area contributed by atoms with Gasteiger partial charge in [-0.05, 0) is 41.5 Å². The molecule has 0 bridgehead atoms. The first kappa shape index (κ1) is 16.6. The lowest BCUT2D eigenvalue weighted by atomic mass is 9.89. The van der Waals surface area contributed by atoms with Gasteiger partial charge >= 0.3 is 0 Å². The Labute approximate surface area is 163 Å². The topological polar surface area (TPSA) is 44.8 Å². The highest BCUT2D eigenvalue weighted by Crippen LogP contribution is 2.40. The molecule has 4 heteroatoms. The predicted molar refractivity (Wildman–Crippen MR) is 106 cm³/mol. The molecule has 1 unspecified atom stereocenters. The second-order valence-corrected chi connectivity index (χ2v) is 6.74. The standard InChI is InChI=1S/C24H18O4/c25-23-18-8-4-5-9-20(18)28-24(17-6-2-1-3-7-17)19(23)14-16-10-11-21-22(15-16)27-13-12-26-21/h1-11,14-15,24H,12-13H2/b19-14+. The van der Waals surface area contributed by atoms with Crippen LogP contribution < -0.4 is 14.2 Å². The number of benzene rings is 3. The van der Waals surface area contributed by atoms with Crippen LogP contribution in [0.25, 0.3) is 6.08 Å². The van der Waals surface area contributed by atoms with Crippen LogP contribution >= 0.6 is 0 Å². The maximum Gasteiger partial charge on any atom is 0.196 e. The third-order valence-electron chi connectivity index (χ3n) is 4.91. The number of fused-ring (bicyclic) bond motifs is 2. The lowest BCUT2D eigenvalue weighted by Gasteiger charge is -2.28. The first-order valence-corrected chi connectivity index (χ1v) is 9.26. The van der Waals surface area contributed by atoms with Gasteiger partial charge in [0.05, 0.1) is 5.56 Å². The summed E-state index contributed by atoms with van der Waals surface area (Å²) in [5, 5.41) is 0. The number of hydrogen-bond donors (Lipinski definition) is 0. The highest BCUT2D eigenvalue weighted by Gasteiger charge is 2.32. The van der Waals surface area contributed by atoms with Crippen molar-refractivity contribution in [3.05, 3.63) is 95.1 Å². The molecule has 2 heterocycles. The summed E-state index contributed by atoms with van der Waals surface area (Å²) in [5.41, 5.74) is 2.99. The molecule has 28 heavy (non-hydrogen) atoms. The van der Waals surface area contributed by atoms with Crippen molar-refractivity contribution in [3.63, 3.8) is 0 Å². The Kier molecular flexibility index (Phi) is 4.09. The molecule has 138 valence electrons. The summed E-state index contributed by atoms with van der Waals surface area (Å²) in [5.74, 6) is 2.01. The second kappa shape index (κ2) is 6.89. The van der Waals surface area contributed by atoms with Crippen molar-refractivity contribution in [2.45, 2.75) is 6.10 Å². The third-order valence-corrected chi connectivity index (χ3v) is 4.91. The van der Waals surface area contributed by atoms with Gasteiger partial charge in [-0.15, -0.1) is 0 Å². The molecule has 3 aromatic rings. The van der Waals surface area contributed by atoms with E-state index in [1.807, 2.05) is 72.8 Å². The van der Waals surface area contributed by atoms with Crippen molar-refractivity contribution in [2.24, 2.45) is 0 Å². The fraction of sp³-hybridized carbons (Fsp3) is 0.125. The molecule has 0 saturated heterocycles. The van der Waals surface area contributed by atoms with Crippen LogP contribution in [0.1, 0.15) is 27.6 Å². The number of ketones is 1. The third kappa shape index (κ3) is 2.93. The zero-order valence-corrected chi connectivity index (χ0v) is 15.1. The number of para-hydroxylation sites is 1. The molecule has 0 aliphatic carbocycles. The summed E-state index contributed by atoms with van der Waals surface area (Å²) in [6.07, 6.45) is 1.42. The number of hydrogen-bond acceptors (Lipinski definition) is 4. The smallest absolute Gasteiger partial charge is 0.196 e. The minimum absolute atomic E-state index is 0.0226. The van der Waals surface area contributed by atoms with Crippen LogP contribution in [-0.2, 0) is 0 Å². The Morgan fingerprint density at radius 2 is 1.54 bits per heavy atom. The van der Waals surface area contributed by atoms with Gasteiger partial charge in [0.25, 0.3) is 0 Å². The van der Waals surface area contributed by atoms with E-state index in [0.29, 0.717) is 35.8 Å². The quantitative estimate of drug-likeness (QED) is 0.605. The largest absolute Gasteiger partial charge is 0.486 e. The molecular formula is C24H18O4. The van der Waals surface area contributed by atoms with Crippen LogP contribution in [0.5, 0.6) is 17.2 Å². The molecular weight excluding hydrogens is 352 g/mol. The zero-order valence-electron chi connectivity index (χ0n) is 15.1. The van der Waals surface area contributed by atoms with E-state index in [0.717, 1.165) is 16.9 Å². The Hall–Kier alpha value is -3.53. The molecule has 0 radical (unpaired) electrons. The van der Waals surface area contributed by atoms with Gasteiger partial charge in [-0.1, -0.05) is 48.5 Å². The predicted octanol–water partition coefficient (Wildman–Crippen LogP) is 4.86. The minimum Gasteiger partial charge on any atom is -0.486 e. The fourth-order valence-corrected chi connectivity index (χ4v) is 3.57. The van der Waals surface area contributed by atoms with Gasteiger partial charge in [0.1, 0.15) is 19.0 Å². The second-order valence-electron chi connectivity index (χ2n) is 6.74. The summed E-state index contributed by atoms with van der Waals surface area (Å²) in [6, 6.07) is 22.9. The molecule has 2 aliphatic heterocycles. The number of carbonyl (C=O) groups excluding carboxylic acids is 1. The molecule has 1 atom stereocenters. The number of rotatable bonds is 2. The molecule has 0 saturated carbocycles. The lowest BCUT2D eigenvalue weighted by molar-refractivity contribution is 0.0963. The van der Waals surface area contributed by atoms with Crippen molar-refractivity contribution in [1.82, 2.24) is 0 Å². The average molecular weight is 370 g/mol. The molecule has 0 N–H and O–H groups in total. The molecule has 4 nitrogen and oxygen atoms in total. The van der Waals surface area contributed by atoms with E-state index in [1.54, 1.807) is 6.07 Å². The fourth-order valence-electron chi connectivity index (χ4n) is 3.57. The lowest BCUT2D eigenvalue weighted by Crippen LogP contribution is -2.23. The van der Waals surface area contributed by atoms with Crippen LogP contribution in [0.2, 0.25) is 0 Å². The summed E-state index contributed by atoms with van der Waals surface area (Å²) >= 11 is 0. The number of ether oxygens (including phenoxy) is 3. The minimum atomic E-state index is -0.461. The summed E-state index contributed by atoms with van der Waals surface area (Å²) < 4.78 is 17.5. The summed E-state index contributed by atoms with van der Waals surface area (Å²) in [7, 11) is 0. The first-order valence-electron chi connectivity index (χ1n) is 9.26. The average Bonchev–Trinajstić information content (AvgIpc) is 2.76. The molecule has 2 aliphatic rings. The van der Waals surface area contributed by atoms with Crippen LogP contribution in [0.15, 0.2) is 78.4 Å². The van der Waals surface area contributed by atoms with E-state index in [4.69, 9.17) is 14.2 Å². The molecule has 0 fully saturated rings. The summed E-state index contributed by atoms with van der Waals surface area (Å²) in [4.78, 5) is 13.3. The van der Waals surface area contributed by atoms with Crippen molar-refractivity contribution in [1.29, 1.82) is 0 Å². The van der Waals surface area contributed by atoms with E-state index in [9.17, 15) is 4.79 Å². The van der Waals surface area contributed by atoms with Gasteiger partial charge in [0, 0.05) is 5.57 Å². The van der Waals surface area contributed by atoms with Gasteiger partial charge < -0.3 is 14.2 Å². The van der Waals surface area contributed by atoms with Crippen molar-refractivity contribution in [2.75, 3.05) is 13.2 Å². The van der Waals surface area contributed by atoms with Crippen molar-refractivity contribution in [3.8, 4) is 17.2 Å². The van der Waals surface area contributed by atoms with Crippen LogP contribution in [0.3, 0.4) is 0 Å². The van der Waals surface area contributed by atoms with E-state index in [2.05, 4.69) is 0 Å². The van der Waals surface area contributed by atoms with Crippen LogP contribution in [0, 0.1) is 0 Å². The summed E-state index contributed by atoms with van der Waals surface area (Å²) in [6.45, 7) is 1.07. The maximum absolute atomic E-state index is 13.3. The Bertz CT molecular complexity index is 1070. The van der Waals surface area contributed by atoms with Gasteiger partial charge in [-0.3, -0.25) is 4.79 Å². The number of Topliss-reactive ketones (excluding diaryl/α,β-unsaturated/α-hetero) is 1. The van der Waals surface area contributed by atoms with Crippen molar-refractivity contribution < 1.29 is 19.0 Å². The van der Waals surface area contributed by atoms with Crippen molar-refractivity contribution >= 4 is 11.9 Å². The van der Waals surface area contributed by atoms with E-state index in [1.165, 1.54) is 0 Å². The Balaban J connectivity index is 1.62. The molecule has 3 aromatic carbocycles. The Morgan fingerprint density at radius 3 is 2.39 bits per heavy atom. The van der Waals surface area contributed by atoms with E-state index in [-0.39, 0.29) is 5.78 Å². The normalized spacial score (nSPS) is 19.1. The number of carbonyl (C=O) groups is 1. The first-order chi connectivity index (χ1) is 13.8. The molecule has 0 amide bonds. The zero-order chi connectivity index (χ0) is 18.9. The van der Waals surface area contributed by atoms with Gasteiger partial charge in [-0.25, -0.2) is 0 Å². The van der Waals surface area contributed by atoms with Gasteiger partial charge in [0.15, 0.2) is 23.4 Å². The van der Waals surface area contributed by atoms with Crippen LogP contribution in [0.4, 0.5) is 0 Å². The molecule has 5 rings (SSSR count).